The predicted molar refractivity (Wildman–Crippen MR) is 79.5 cm³/mol. The number of aliphatic carboxylic acids is 1. The second-order valence-electron chi connectivity index (χ2n) is 5.82. The molecule has 0 saturated heterocycles. The van der Waals surface area contributed by atoms with Crippen LogP contribution in [0.1, 0.15) is 39.4 Å². The van der Waals surface area contributed by atoms with Crippen molar-refractivity contribution in [1.82, 2.24) is 4.57 Å². The Balaban J connectivity index is 2.84. The molecule has 0 unspecified atom stereocenters. The van der Waals surface area contributed by atoms with Crippen LogP contribution in [0.2, 0.25) is 0 Å². The molecular weight excluding hydrogens is 254 g/mol. The van der Waals surface area contributed by atoms with Gasteiger partial charge in [-0.1, -0.05) is 6.07 Å². The first-order chi connectivity index (χ1) is 9.30. The van der Waals surface area contributed by atoms with Gasteiger partial charge in [0, 0.05) is 17.1 Å². The molecule has 108 valence electrons. The van der Waals surface area contributed by atoms with Crippen LogP contribution in [0.5, 0.6) is 5.75 Å². The second kappa shape index (κ2) is 4.85. The van der Waals surface area contributed by atoms with Crippen LogP contribution in [0, 0.1) is 0 Å². The van der Waals surface area contributed by atoms with Crippen molar-refractivity contribution >= 4 is 16.9 Å². The molecule has 20 heavy (non-hydrogen) atoms. The van der Waals surface area contributed by atoms with Crippen LogP contribution < -0.4 is 4.74 Å². The fourth-order valence-corrected chi connectivity index (χ4v) is 2.55. The molecular formula is C16H21NO3. The Labute approximate surface area is 119 Å². The van der Waals surface area contributed by atoms with E-state index in [-0.39, 0.29) is 6.04 Å². The van der Waals surface area contributed by atoms with Crippen LogP contribution in [0.3, 0.4) is 0 Å². The smallest absolute Gasteiger partial charge is 0.315 e. The van der Waals surface area contributed by atoms with Gasteiger partial charge >= 0.3 is 5.97 Å². The molecule has 0 amide bonds. The summed E-state index contributed by atoms with van der Waals surface area (Å²) in [4.78, 5) is 11.6. The molecule has 4 heteroatoms. The topological polar surface area (TPSA) is 51.5 Å². The van der Waals surface area contributed by atoms with Crippen LogP contribution in [-0.2, 0) is 10.2 Å². The number of carboxylic acid groups (broad SMARTS) is 1. The van der Waals surface area contributed by atoms with E-state index in [0.29, 0.717) is 0 Å². The number of benzene rings is 1. The van der Waals surface area contributed by atoms with Crippen molar-refractivity contribution in [3.05, 3.63) is 30.0 Å². The first-order valence-corrected chi connectivity index (χ1v) is 6.72. The third-order valence-electron chi connectivity index (χ3n) is 3.75. The predicted octanol–water partition coefficient (Wildman–Crippen LogP) is 3.59. The number of hydrogen-bond donors (Lipinski definition) is 1. The van der Waals surface area contributed by atoms with E-state index < -0.39 is 11.4 Å². The standard InChI is InChI=1S/C16H21NO3/c1-10(2)17-12-7-6-8-13(20-5)11(12)9-14(17)16(3,4)15(18)19/h6-10H,1-5H3,(H,18,19). The van der Waals surface area contributed by atoms with Gasteiger partial charge in [0.05, 0.1) is 12.6 Å². The van der Waals surface area contributed by atoms with Gasteiger partial charge in [-0.3, -0.25) is 4.79 Å². The number of methoxy groups -OCH3 is 1. The summed E-state index contributed by atoms with van der Waals surface area (Å²) in [7, 11) is 1.63. The zero-order valence-corrected chi connectivity index (χ0v) is 12.6. The van der Waals surface area contributed by atoms with Crippen molar-refractivity contribution in [2.45, 2.75) is 39.2 Å². The minimum absolute atomic E-state index is 0.174. The molecule has 0 aliphatic rings. The molecule has 0 radical (unpaired) electrons. The highest BCUT2D eigenvalue weighted by Crippen LogP contribution is 2.36. The molecule has 0 atom stereocenters. The van der Waals surface area contributed by atoms with Crippen molar-refractivity contribution in [2.75, 3.05) is 7.11 Å². The maximum absolute atomic E-state index is 11.6. The number of carbonyl (C=O) groups is 1. The van der Waals surface area contributed by atoms with Gasteiger partial charge in [0.25, 0.3) is 0 Å². The zero-order valence-electron chi connectivity index (χ0n) is 12.6. The molecule has 2 aromatic rings. The molecule has 0 bridgehead atoms. The second-order valence-corrected chi connectivity index (χ2v) is 5.82. The minimum Gasteiger partial charge on any atom is -0.496 e. The van der Waals surface area contributed by atoms with Crippen LogP contribution in [-0.4, -0.2) is 22.8 Å². The number of nitrogens with zero attached hydrogens (tertiary/aromatic N) is 1. The maximum atomic E-state index is 11.6. The lowest BCUT2D eigenvalue weighted by Gasteiger charge is -2.24. The van der Waals surface area contributed by atoms with E-state index in [9.17, 15) is 9.90 Å². The van der Waals surface area contributed by atoms with E-state index in [4.69, 9.17) is 4.74 Å². The summed E-state index contributed by atoms with van der Waals surface area (Å²) in [6.07, 6.45) is 0. The molecule has 1 aromatic heterocycles. The average Bonchev–Trinajstić information content (AvgIpc) is 2.78. The van der Waals surface area contributed by atoms with Gasteiger partial charge in [0.15, 0.2) is 0 Å². The molecule has 1 aromatic carbocycles. The van der Waals surface area contributed by atoms with Crippen molar-refractivity contribution in [1.29, 1.82) is 0 Å². The van der Waals surface area contributed by atoms with E-state index in [0.717, 1.165) is 22.3 Å². The third-order valence-corrected chi connectivity index (χ3v) is 3.75. The Morgan fingerprint density at radius 3 is 2.50 bits per heavy atom. The molecule has 0 fully saturated rings. The van der Waals surface area contributed by atoms with Gasteiger partial charge in [0.1, 0.15) is 11.2 Å². The van der Waals surface area contributed by atoms with Crippen molar-refractivity contribution in [2.24, 2.45) is 0 Å². The van der Waals surface area contributed by atoms with Gasteiger partial charge in [-0.15, -0.1) is 0 Å². The van der Waals surface area contributed by atoms with Gasteiger partial charge < -0.3 is 14.4 Å². The van der Waals surface area contributed by atoms with E-state index in [1.807, 2.05) is 24.3 Å². The number of aromatic nitrogens is 1. The summed E-state index contributed by atoms with van der Waals surface area (Å²) in [5.74, 6) is -0.0643. The molecule has 4 nitrogen and oxygen atoms in total. The first kappa shape index (κ1) is 14.4. The summed E-state index contributed by atoms with van der Waals surface area (Å²) in [5.41, 5.74) is 0.845. The van der Waals surface area contributed by atoms with Crippen molar-refractivity contribution in [3.8, 4) is 5.75 Å². The number of ether oxygens (including phenoxy) is 1. The molecule has 0 saturated carbocycles. The zero-order chi connectivity index (χ0) is 15.1. The van der Waals surface area contributed by atoms with Gasteiger partial charge in [-0.2, -0.15) is 0 Å². The van der Waals surface area contributed by atoms with Crippen molar-refractivity contribution < 1.29 is 14.6 Å². The van der Waals surface area contributed by atoms with Gasteiger partial charge in [0.2, 0.25) is 0 Å². The number of fused-ring (bicyclic) bond motifs is 1. The molecule has 0 aliphatic carbocycles. The monoisotopic (exact) mass is 275 g/mol. The van der Waals surface area contributed by atoms with Crippen molar-refractivity contribution in [3.63, 3.8) is 0 Å². The highest BCUT2D eigenvalue weighted by Gasteiger charge is 2.34. The quantitative estimate of drug-likeness (QED) is 0.927. The summed E-state index contributed by atoms with van der Waals surface area (Å²) >= 11 is 0. The third kappa shape index (κ3) is 2.05. The van der Waals surface area contributed by atoms with Crippen LogP contribution in [0.15, 0.2) is 24.3 Å². The van der Waals surface area contributed by atoms with E-state index in [1.54, 1.807) is 21.0 Å². The van der Waals surface area contributed by atoms with E-state index in [1.165, 1.54) is 0 Å². The van der Waals surface area contributed by atoms with Gasteiger partial charge in [-0.05, 0) is 45.9 Å². The first-order valence-electron chi connectivity index (χ1n) is 6.72. The molecule has 0 spiro atoms. The van der Waals surface area contributed by atoms with Crippen LogP contribution in [0.4, 0.5) is 0 Å². The lowest BCUT2D eigenvalue weighted by molar-refractivity contribution is -0.142. The lowest BCUT2D eigenvalue weighted by Crippen LogP contribution is -2.31. The largest absolute Gasteiger partial charge is 0.496 e. The summed E-state index contributed by atoms with van der Waals surface area (Å²) in [6.45, 7) is 7.57. The fraction of sp³-hybridized carbons (Fsp3) is 0.438. The summed E-state index contributed by atoms with van der Waals surface area (Å²) < 4.78 is 7.46. The number of rotatable bonds is 4. The normalized spacial score (nSPS) is 12.1. The highest BCUT2D eigenvalue weighted by molar-refractivity contribution is 5.90. The van der Waals surface area contributed by atoms with Crippen LogP contribution in [0.25, 0.3) is 10.9 Å². The Morgan fingerprint density at radius 1 is 1.35 bits per heavy atom. The molecule has 1 N–H and O–H groups in total. The summed E-state index contributed by atoms with van der Waals surface area (Å²) in [6, 6.07) is 7.93. The summed E-state index contributed by atoms with van der Waals surface area (Å²) in [5, 5.41) is 10.5. The molecule has 1 heterocycles. The Bertz CT molecular complexity index is 653. The lowest BCUT2D eigenvalue weighted by atomic mass is 9.89. The highest BCUT2D eigenvalue weighted by atomic mass is 16.5. The minimum atomic E-state index is -0.950. The Kier molecular flexibility index (Phi) is 3.50. The Morgan fingerprint density at radius 2 is 2.00 bits per heavy atom. The fourth-order valence-electron chi connectivity index (χ4n) is 2.55. The Hall–Kier alpha value is -1.97. The van der Waals surface area contributed by atoms with Crippen LogP contribution >= 0.6 is 0 Å². The number of hydrogen-bond acceptors (Lipinski definition) is 2. The maximum Gasteiger partial charge on any atom is 0.315 e. The SMILES string of the molecule is COc1cccc2c1cc(C(C)(C)C(=O)O)n2C(C)C. The number of carboxylic acids is 1. The van der Waals surface area contributed by atoms with E-state index >= 15 is 0 Å². The van der Waals surface area contributed by atoms with Gasteiger partial charge in [-0.25, -0.2) is 0 Å². The average molecular weight is 275 g/mol. The van der Waals surface area contributed by atoms with E-state index in [2.05, 4.69) is 18.4 Å². The molecule has 2 rings (SSSR count). The molecule has 0 aliphatic heterocycles.